The lowest BCUT2D eigenvalue weighted by Gasteiger charge is -2.02. The van der Waals surface area contributed by atoms with Gasteiger partial charge in [0.2, 0.25) is 0 Å². The molecule has 0 radical (unpaired) electrons. The zero-order valence-corrected chi connectivity index (χ0v) is 14.6. The molecule has 0 N–H and O–H groups in total. The van der Waals surface area contributed by atoms with Crippen molar-refractivity contribution in [2.75, 3.05) is 7.11 Å². The van der Waals surface area contributed by atoms with Gasteiger partial charge in [-0.1, -0.05) is 34.1 Å². The third-order valence-corrected chi connectivity index (χ3v) is 4.10. The molecule has 0 amide bonds. The highest BCUT2D eigenvalue weighted by atomic mass is 79.9. The molecule has 7 heteroatoms. The van der Waals surface area contributed by atoms with Gasteiger partial charge in [0, 0.05) is 16.1 Å². The molecule has 0 saturated heterocycles. The maximum Gasteiger partial charge on any atom is 0.343 e. The van der Waals surface area contributed by atoms with E-state index in [1.165, 1.54) is 19.2 Å². The molecule has 0 spiro atoms. The van der Waals surface area contributed by atoms with Crippen LogP contribution in [0.15, 0.2) is 58.6 Å². The number of carbonyl (C=O) groups is 1. The molecule has 6 nitrogen and oxygen atoms in total. The first-order valence-corrected chi connectivity index (χ1v) is 8.01. The molecule has 0 unspecified atom stereocenters. The predicted octanol–water partition coefficient (Wildman–Crippen LogP) is 4.35. The summed E-state index contributed by atoms with van der Waals surface area (Å²) in [4.78, 5) is 22.6. The minimum atomic E-state index is -0.531. The number of halogens is 1. The van der Waals surface area contributed by atoms with E-state index in [1.807, 2.05) is 24.3 Å². The molecule has 0 fully saturated rings. The molecular weight excluding hydrogens is 390 g/mol. The molecule has 0 aliphatic carbocycles. The van der Waals surface area contributed by atoms with E-state index in [9.17, 15) is 14.9 Å². The zero-order chi connectivity index (χ0) is 18.0. The normalized spacial score (nSPS) is 15.0. The van der Waals surface area contributed by atoms with Crippen LogP contribution in [0.25, 0.3) is 11.8 Å². The first-order valence-electron chi connectivity index (χ1n) is 7.22. The van der Waals surface area contributed by atoms with Crippen molar-refractivity contribution in [2.45, 2.75) is 0 Å². The summed E-state index contributed by atoms with van der Waals surface area (Å²) >= 11 is 3.35. The van der Waals surface area contributed by atoms with E-state index in [0.717, 1.165) is 10.0 Å². The average Bonchev–Trinajstić information content (AvgIpc) is 2.96. The molecule has 25 heavy (non-hydrogen) atoms. The lowest BCUT2D eigenvalue weighted by Crippen LogP contribution is -1.98. The van der Waals surface area contributed by atoms with Crippen molar-refractivity contribution < 1.29 is 19.2 Å². The Morgan fingerprint density at radius 1 is 1.20 bits per heavy atom. The van der Waals surface area contributed by atoms with Crippen molar-refractivity contribution >= 4 is 39.4 Å². The van der Waals surface area contributed by atoms with E-state index in [-0.39, 0.29) is 11.4 Å². The number of benzene rings is 2. The monoisotopic (exact) mass is 401 g/mol. The van der Waals surface area contributed by atoms with Gasteiger partial charge in [-0.3, -0.25) is 10.1 Å². The molecule has 0 saturated carbocycles. The molecule has 0 bridgehead atoms. The molecule has 126 valence electrons. The Morgan fingerprint density at radius 2 is 1.92 bits per heavy atom. The van der Waals surface area contributed by atoms with Crippen LogP contribution in [0.4, 0.5) is 5.69 Å². The van der Waals surface area contributed by atoms with E-state index in [4.69, 9.17) is 9.47 Å². The van der Waals surface area contributed by atoms with E-state index in [2.05, 4.69) is 15.9 Å². The van der Waals surface area contributed by atoms with Crippen LogP contribution in [0.1, 0.15) is 11.1 Å². The van der Waals surface area contributed by atoms with Gasteiger partial charge in [-0.2, -0.15) is 0 Å². The van der Waals surface area contributed by atoms with E-state index < -0.39 is 10.9 Å². The van der Waals surface area contributed by atoms with Crippen molar-refractivity contribution in [3.63, 3.8) is 0 Å². The largest absolute Gasteiger partial charge is 0.490 e. The van der Waals surface area contributed by atoms with Gasteiger partial charge in [0.1, 0.15) is 5.76 Å². The van der Waals surface area contributed by atoms with Crippen LogP contribution in [0.3, 0.4) is 0 Å². The van der Waals surface area contributed by atoms with Crippen LogP contribution in [0, 0.1) is 10.1 Å². The highest BCUT2D eigenvalue weighted by molar-refractivity contribution is 9.10. The number of carbonyl (C=O) groups excluding carboxylic acids is 1. The number of esters is 1. The summed E-state index contributed by atoms with van der Waals surface area (Å²) in [5.74, 6) is 0.0930. The van der Waals surface area contributed by atoms with Crippen molar-refractivity contribution in [1.29, 1.82) is 0 Å². The third kappa shape index (κ3) is 3.61. The molecule has 1 aliphatic rings. The fourth-order valence-corrected chi connectivity index (χ4v) is 2.63. The summed E-state index contributed by atoms with van der Waals surface area (Å²) in [6.07, 6.45) is 3.16. The lowest BCUT2D eigenvalue weighted by molar-refractivity contribution is -0.385. The minimum Gasteiger partial charge on any atom is -0.490 e. The highest BCUT2D eigenvalue weighted by Gasteiger charge is 2.22. The summed E-state index contributed by atoms with van der Waals surface area (Å²) in [6.45, 7) is 0. The van der Waals surface area contributed by atoms with Crippen LogP contribution >= 0.6 is 15.9 Å². The number of nitro groups is 1. The molecule has 3 rings (SSSR count). The lowest BCUT2D eigenvalue weighted by atomic mass is 10.1. The summed E-state index contributed by atoms with van der Waals surface area (Å²) in [6, 6.07) is 11.8. The zero-order valence-electron chi connectivity index (χ0n) is 13.1. The maximum atomic E-state index is 12.1. The number of cyclic esters (lactones) is 1. The van der Waals surface area contributed by atoms with Crippen molar-refractivity contribution in [3.05, 3.63) is 79.8 Å². The Hall–Kier alpha value is -2.93. The first kappa shape index (κ1) is 16.9. The highest BCUT2D eigenvalue weighted by Crippen LogP contribution is 2.31. The first-order chi connectivity index (χ1) is 12.0. The molecule has 0 atom stereocenters. The van der Waals surface area contributed by atoms with Crippen molar-refractivity contribution in [3.8, 4) is 5.75 Å². The van der Waals surface area contributed by atoms with Gasteiger partial charge in [0.05, 0.1) is 17.6 Å². The number of hydrogen-bond donors (Lipinski definition) is 0. The van der Waals surface area contributed by atoms with E-state index in [1.54, 1.807) is 18.2 Å². The van der Waals surface area contributed by atoms with Gasteiger partial charge in [-0.15, -0.1) is 0 Å². The van der Waals surface area contributed by atoms with Gasteiger partial charge >= 0.3 is 11.7 Å². The number of nitro benzene ring substituents is 1. The fourth-order valence-electron chi connectivity index (χ4n) is 2.36. The predicted molar refractivity (Wildman–Crippen MR) is 95.8 cm³/mol. The number of ether oxygens (including phenoxy) is 2. The third-order valence-electron chi connectivity index (χ3n) is 3.58. The van der Waals surface area contributed by atoms with Gasteiger partial charge in [-0.25, -0.2) is 4.79 Å². The summed E-state index contributed by atoms with van der Waals surface area (Å²) in [7, 11) is 1.36. The number of hydrogen-bond acceptors (Lipinski definition) is 5. The smallest absolute Gasteiger partial charge is 0.343 e. The van der Waals surface area contributed by atoms with Gasteiger partial charge in [0.15, 0.2) is 5.75 Å². The second-order valence-electron chi connectivity index (χ2n) is 5.19. The standard InChI is InChI=1S/C18H12BrNO5/c1-24-16-7-2-11(9-15(16)20(22)23)8-13-10-17(25-18(13)21)12-3-5-14(19)6-4-12/h2-10H,1H3. The molecule has 1 aliphatic heterocycles. The molecular formula is C18H12BrNO5. The topological polar surface area (TPSA) is 78.7 Å². The maximum absolute atomic E-state index is 12.1. The Labute approximate surface area is 151 Å². The second-order valence-corrected chi connectivity index (χ2v) is 6.11. The summed E-state index contributed by atoms with van der Waals surface area (Å²) < 4.78 is 11.2. The quantitative estimate of drug-likeness (QED) is 0.329. The van der Waals surface area contributed by atoms with Gasteiger partial charge in [-0.05, 0) is 35.9 Å². The fraction of sp³-hybridized carbons (Fsp3) is 0.0556. The van der Waals surface area contributed by atoms with Gasteiger partial charge < -0.3 is 9.47 Å². The Morgan fingerprint density at radius 3 is 2.56 bits per heavy atom. The Bertz CT molecular complexity index is 916. The van der Waals surface area contributed by atoms with Crippen LogP contribution < -0.4 is 4.74 Å². The van der Waals surface area contributed by atoms with Crippen LogP contribution in [-0.2, 0) is 9.53 Å². The van der Waals surface area contributed by atoms with Crippen molar-refractivity contribution in [2.24, 2.45) is 0 Å². The van der Waals surface area contributed by atoms with Crippen LogP contribution in [0.5, 0.6) is 5.75 Å². The SMILES string of the molecule is COc1ccc(C=C2C=C(c3ccc(Br)cc3)OC2=O)cc1[N+](=O)[O-]. The number of rotatable bonds is 4. The van der Waals surface area contributed by atoms with E-state index >= 15 is 0 Å². The van der Waals surface area contributed by atoms with Gasteiger partial charge in [0.25, 0.3) is 0 Å². The minimum absolute atomic E-state index is 0.159. The Kier molecular flexibility index (Phi) is 4.67. The molecule has 2 aromatic carbocycles. The second kappa shape index (κ2) is 6.90. The number of methoxy groups -OCH3 is 1. The van der Waals surface area contributed by atoms with Crippen molar-refractivity contribution in [1.82, 2.24) is 0 Å². The Balaban J connectivity index is 1.95. The van der Waals surface area contributed by atoms with E-state index in [0.29, 0.717) is 16.9 Å². The van der Waals surface area contributed by atoms with Crippen LogP contribution in [-0.4, -0.2) is 18.0 Å². The average molecular weight is 402 g/mol. The summed E-state index contributed by atoms with van der Waals surface area (Å²) in [5, 5.41) is 11.1. The summed E-state index contributed by atoms with van der Waals surface area (Å²) in [5.41, 5.74) is 1.42. The molecule has 2 aromatic rings. The molecule has 1 heterocycles. The number of nitrogens with zero attached hydrogens (tertiary/aromatic N) is 1. The van der Waals surface area contributed by atoms with Crippen LogP contribution in [0.2, 0.25) is 0 Å². The molecule has 0 aromatic heterocycles.